The van der Waals surface area contributed by atoms with Crippen LogP contribution >= 0.6 is 34.5 Å². The van der Waals surface area contributed by atoms with E-state index in [-0.39, 0.29) is 6.04 Å². The van der Waals surface area contributed by atoms with Crippen LogP contribution in [0.15, 0.2) is 29.6 Å². The fourth-order valence-electron chi connectivity index (χ4n) is 1.60. The molecule has 0 aliphatic heterocycles. The molecule has 1 unspecified atom stereocenters. The Morgan fingerprint density at radius 2 is 2.00 bits per heavy atom. The summed E-state index contributed by atoms with van der Waals surface area (Å²) in [6, 6.07) is 8.17. The minimum atomic E-state index is 0.193. The van der Waals surface area contributed by atoms with E-state index in [1.807, 2.05) is 31.2 Å². The van der Waals surface area contributed by atoms with Gasteiger partial charge in [-0.3, -0.25) is 0 Å². The van der Waals surface area contributed by atoms with E-state index in [2.05, 4.69) is 17.6 Å². The van der Waals surface area contributed by atoms with E-state index >= 15 is 0 Å². The van der Waals surface area contributed by atoms with Gasteiger partial charge in [-0.15, -0.1) is 11.3 Å². The smallest absolute Gasteiger partial charge is 0.0931 e. The van der Waals surface area contributed by atoms with Crippen LogP contribution in [0.1, 0.15) is 24.1 Å². The molecule has 0 radical (unpaired) electrons. The number of halogens is 2. The summed E-state index contributed by atoms with van der Waals surface area (Å²) in [7, 11) is 0. The molecule has 0 saturated carbocycles. The second-order valence-electron chi connectivity index (χ2n) is 4.03. The van der Waals surface area contributed by atoms with E-state index in [0.29, 0.717) is 0 Å². The van der Waals surface area contributed by atoms with Crippen molar-refractivity contribution in [1.29, 1.82) is 0 Å². The number of hydrogen-bond donors (Lipinski definition) is 1. The molecule has 4 heteroatoms. The summed E-state index contributed by atoms with van der Waals surface area (Å²) in [6.45, 7) is 4.12. The van der Waals surface area contributed by atoms with Crippen molar-refractivity contribution in [2.45, 2.75) is 19.9 Å². The van der Waals surface area contributed by atoms with Gasteiger partial charge in [0.2, 0.25) is 0 Å². The van der Waals surface area contributed by atoms with Crippen molar-refractivity contribution in [3.05, 3.63) is 50.1 Å². The highest BCUT2D eigenvalue weighted by Crippen LogP contribution is 2.30. The topological polar surface area (TPSA) is 12.0 Å². The van der Waals surface area contributed by atoms with E-state index in [9.17, 15) is 0 Å². The molecule has 0 aliphatic rings. The van der Waals surface area contributed by atoms with Crippen LogP contribution in [-0.4, -0.2) is 0 Å². The maximum Gasteiger partial charge on any atom is 0.0931 e. The van der Waals surface area contributed by atoms with E-state index in [1.165, 1.54) is 5.56 Å². The summed E-state index contributed by atoms with van der Waals surface area (Å²) in [5, 5.41) is 6.19. The molecule has 2 rings (SSSR count). The van der Waals surface area contributed by atoms with Crippen molar-refractivity contribution in [3.8, 4) is 0 Å². The van der Waals surface area contributed by atoms with E-state index in [4.69, 9.17) is 23.2 Å². The minimum absolute atomic E-state index is 0.193. The molecule has 17 heavy (non-hydrogen) atoms. The first-order valence-corrected chi connectivity index (χ1v) is 6.96. The minimum Gasteiger partial charge on any atom is -0.377 e. The average Bonchev–Trinajstić information content (AvgIpc) is 2.69. The zero-order chi connectivity index (χ0) is 12.4. The Balaban J connectivity index is 2.15. The third kappa shape index (κ3) is 3.15. The number of thiophene rings is 1. The second kappa shape index (κ2) is 5.30. The molecular formula is C13H13Cl2NS. The molecule has 90 valence electrons. The Morgan fingerprint density at radius 1 is 1.24 bits per heavy atom. The monoisotopic (exact) mass is 285 g/mol. The van der Waals surface area contributed by atoms with Gasteiger partial charge in [0.1, 0.15) is 0 Å². The molecule has 1 aromatic carbocycles. The van der Waals surface area contributed by atoms with Gasteiger partial charge in [0, 0.05) is 6.04 Å². The first-order chi connectivity index (χ1) is 8.06. The highest BCUT2D eigenvalue weighted by Gasteiger charge is 2.09. The van der Waals surface area contributed by atoms with Crippen LogP contribution in [0.5, 0.6) is 0 Å². The zero-order valence-electron chi connectivity index (χ0n) is 9.63. The first-order valence-electron chi connectivity index (χ1n) is 5.33. The number of rotatable bonds is 3. The summed E-state index contributed by atoms with van der Waals surface area (Å²) in [6.07, 6.45) is 0. The molecule has 0 amide bonds. The van der Waals surface area contributed by atoms with Crippen LogP contribution in [0, 0.1) is 6.92 Å². The highest BCUT2D eigenvalue weighted by molar-refractivity contribution is 7.14. The molecule has 1 N–H and O–H groups in total. The summed E-state index contributed by atoms with van der Waals surface area (Å²) in [5.41, 5.74) is 3.29. The maximum atomic E-state index is 6.18. The van der Waals surface area contributed by atoms with Gasteiger partial charge < -0.3 is 5.32 Å². The fourth-order valence-corrected chi connectivity index (χ4v) is 2.88. The molecule has 0 aliphatic carbocycles. The second-order valence-corrected chi connectivity index (χ2v) is 5.98. The number of hydrogen-bond acceptors (Lipinski definition) is 2. The Kier molecular flexibility index (Phi) is 3.97. The molecule has 1 heterocycles. The Labute approximate surface area is 115 Å². The molecule has 1 atom stereocenters. The maximum absolute atomic E-state index is 6.18. The largest absolute Gasteiger partial charge is 0.377 e. The Morgan fingerprint density at radius 3 is 2.59 bits per heavy atom. The van der Waals surface area contributed by atoms with Gasteiger partial charge in [-0.05, 0) is 48.6 Å². The van der Waals surface area contributed by atoms with Crippen molar-refractivity contribution >= 4 is 40.2 Å². The van der Waals surface area contributed by atoms with Crippen LogP contribution in [0.25, 0.3) is 0 Å². The lowest BCUT2D eigenvalue weighted by Crippen LogP contribution is -2.05. The fraction of sp³-hybridized carbons (Fsp3) is 0.231. The lowest BCUT2D eigenvalue weighted by atomic mass is 10.1. The van der Waals surface area contributed by atoms with Gasteiger partial charge in [0.05, 0.1) is 15.0 Å². The number of nitrogens with one attached hydrogen (secondary N) is 1. The molecule has 0 saturated heterocycles. The summed E-state index contributed by atoms with van der Waals surface area (Å²) >= 11 is 13.6. The van der Waals surface area contributed by atoms with Crippen LogP contribution in [0.4, 0.5) is 5.69 Å². The third-order valence-corrected chi connectivity index (χ3v) is 4.01. The summed E-state index contributed by atoms with van der Waals surface area (Å²) < 4.78 is 0.809. The predicted octanol–water partition coefficient (Wildman–Crippen LogP) is 5.54. The first kappa shape index (κ1) is 12.7. The van der Waals surface area contributed by atoms with Crippen molar-refractivity contribution in [3.63, 3.8) is 0 Å². The lowest BCUT2D eigenvalue weighted by Gasteiger charge is -2.15. The normalized spacial score (nSPS) is 12.5. The van der Waals surface area contributed by atoms with Crippen molar-refractivity contribution in [2.75, 3.05) is 5.32 Å². The number of benzene rings is 1. The molecule has 0 fully saturated rings. The van der Waals surface area contributed by atoms with Gasteiger partial charge in [0.15, 0.2) is 0 Å². The molecule has 1 nitrogen and oxygen atoms in total. The number of aryl methyl sites for hydroxylation is 1. The molecular weight excluding hydrogens is 273 g/mol. The Hall–Kier alpha value is -0.700. The number of anilines is 1. The SMILES string of the molecule is Cc1ccc(NC(C)c2csc(Cl)c2)c(Cl)c1. The van der Waals surface area contributed by atoms with Gasteiger partial charge in [-0.25, -0.2) is 0 Å². The summed E-state index contributed by atoms with van der Waals surface area (Å²) in [4.78, 5) is 0. The van der Waals surface area contributed by atoms with Crippen molar-refractivity contribution in [1.82, 2.24) is 0 Å². The van der Waals surface area contributed by atoms with E-state index in [1.54, 1.807) is 11.3 Å². The lowest BCUT2D eigenvalue weighted by molar-refractivity contribution is 0.890. The van der Waals surface area contributed by atoms with Crippen LogP contribution in [0.3, 0.4) is 0 Å². The quantitative estimate of drug-likeness (QED) is 0.781. The van der Waals surface area contributed by atoms with Gasteiger partial charge in [-0.2, -0.15) is 0 Å². The van der Waals surface area contributed by atoms with Crippen molar-refractivity contribution in [2.24, 2.45) is 0 Å². The molecule has 2 aromatic rings. The molecule has 1 aromatic heterocycles. The Bertz CT molecular complexity index is 522. The van der Waals surface area contributed by atoms with Crippen LogP contribution in [-0.2, 0) is 0 Å². The highest BCUT2D eigenvalue weighted by atomic mass is 35.5. The standard InChI is InChI=1S/C13H13Cl2NS/c1-8-3-4-12(11(14)5-8)16-9(2)10-6-13(15)17-7-10/h3-7,9,16H,1-2H3. The zero-order valence-corrected chi connectivity index (χ0v) is 12.0. The molecule has 0 bridgehead atoms. The van der Waals surface area contributed by atoms with E-state index < -0.39 is 0 Å². The predicted molar refractivity (Wildman–Crippen MR) is 77.6 cm³/mol. The van der Waals surface area contributed by atoms with E-state index in [0.717, 1.165) is 20.6 Å². The third-order valence-electron chi connectivity index (χ3n) is 2.58. The van der Waals surface area contributed by atoms with Gasteiger partial charge in [0.25, 0.3) is 0 Å². The average molecular weight is 286 g/mol. The van der Waals surface area contributed by atoms with Gasteiger partial charge in [-0.1, -0.05) is 29.3 Å². The molecule has 0 spiro atoms. The van der Waals surface area contributed by atoms with Gasteiger partial charge >= 0.3 is 0 Å². The van der Waals surface area contributed by atoms with Crippen LogP contribution < -0.4 is 5.32 Å². The summed E-state index contributed by atoms with van der Waals surface area (Å²) in [5.74, 6) is 0. The van der Waals surface area contributed by atoms with Crippen LogP contribution in [0.2, 0.25) is 9.36 Å². The van der Waals surface area contributed by atoms with Crippen molar-refractivity contribution < 1.29 is 0 Å².